The van der Waals surface area contributed by atoms with Crippen LogP contribution in [0.3, 0.4) is 0 Å². The highest BCUT2D eigenvalue weighted by Crippen LogP contribution is 2.28. The number of thiophene rings is 1. The SMILES string of the molecule is Cc1ccc(NC(=O)Cn2c(-c3cccs3)nc3ccccc32)cc1C. The molecule has 1 N–H and O–H groups in total. The van der Waals surface area contributed by atoms with Gasteiger partial charge in [-0.25, -0.2) is 4.98 Å². The minimum atomic E-state index is -0.0609. The van der Waals surface area contributed by atoms with Gasteiger partial charge >= 0.3 is 0 Å². The Morgan fingerprint density at radius 1 is 1.08 bits per heavy atom. The fourth-order valence-electron chi connectivity index (χ4n) is 2.99. The summed E-state index contributed by atoms with van der Waals surface area (Å²) in [4.78, 5) is 18.5. The first kappa shape index (κ1) is 16.5. The Hall–Kier alpha value is -2.92. The van der Waals surface area contributed by atoms with Crippen molar-refractivity contribution in [3.05, 3.63) is 71.1 Å². The molecule has 2 aromatic heterocycles. The molecule has 4 aromatic rings. The van der Waals surface area contributed by atoms with E-state index in [1.807, 2.05) is 71.5 Å². The number of nitrogens with zero attached hydrogens (tertiary/aromatic N) is 2. The molecule has 0 aliphatic heterocycles. The number of imidazole rings is 1. The van der Waals surface area contributed by atoms with E-state index in [1.165, 1.54) is 5.56 Å². The Bertz CT molecular complexity index is 1080. The second kappa shape index (κ2) is 6.77. The fourth-order valence-corrected chi connectivity index (χ4v) is 3.71. The number of hydrogen-bond acceptors (Lipinski definition) is 3. The lowest BCUT2D eigenvalue weighted by Crippen LogP contribution is -2.19. The van der Waals surface area contributed by atoms with Gasteiger partial charge in [-0.05, 0) is 60.7 Å². The van der Waals surface area contributed by atoms with Crippen LogP contribution in [-0.2, 0) is 11.3 Å². The molecule has 0 aliphatic carbocycles. The third-order valence-corrected chi connectivity index (χ3v) is 5.35. The Morgan fingerprint density at radius 3 is 2.69 bits per heavy atom. The lowest BCUT2D eigenvalue weighted by atomic mass is 10.1. The molecule has 0 aliphatic rings. The van der Waals surface area contributed by atoms with Gasteiger partial charge in [0.1, 0.15) is 6.54 Å². The molecule has 5 heteroatoms. The number of para-hydroxylation sites is 2. The van der Waals surface area contributed by atoms with Gasteiger partial charge in [-0.2, -0.15) is 0 Å². The third-order valence-electron chi connectivity index (χ3n) is 4.49. The summed E-state index contributed by atoms with van der Waals surface area (Å²) in [5.41, 5.74) is 5.06. The molecule has 0 unspecified atom stereocenters. The van der Waals surface area contributed by atoms with Crippen molar-refractivity contribution in [3.63, 3.8) is 0 Å². The van der Waals surface area contributed by atoms with Crippen LogP contribution in [0.5, 0.6) is 0 Å². The highest BCUT2D eigenvalue weighted by molar-refractivity contribution is 7.13. The minimum Gasteiger partial charge on any atom is -0.325 e. The summed E-state index contributed by atoms with van der Waals surface area (Å²) in [5.74, 6) is 0.769. The lowest BCUT2D eigenvalue weighted by Gasteiger charge is -2.10. The third kappa shape index (κ3) is 3.13. The molecule has 4 rings (SSSR count). The van der Waals surface area contributed by atoms with Crippen molar-refractivity contribution in [1.82, 2.24) is 9.55 Å². The summed E-state index contributed by atoms with van der Waals surface area (Å²) in [6.45, 7) is 4.33. The molecule has 0 bridgehead atoms. The zero-order valence-electron chi connectivity index (χ0n) is 14.7. The number of aryl methyl sites for hydroxylation is 2. The van der Waals surface area contributed by atoms with E-state index in [0.29, 0.717) is 0 Å². The quantitative estimate of drug-likeness (QED) is 0.555. The van der Waals surface area contributed by atoms with E-state index in [2.05, 4.69) is 12.2 Å². The predicted octanol–water partition coefficient (Wildman–Crippen LogP) is 5.02. The Morgan fingerprint density at radius 2 is 1.92 bits per heavy atom. The van der Waals surface area contributed by atoms with E-state index in [-0.39, 0.29) is 12.5 Å². The summed E-state index contributed by atoms with van der Waals surface area (Å²) < 4.78 is 1.98. The zero-order valence-corrected chi connectivity index (χ0v) is 15.5. The normalized spacial score (nSPS) is 11.0. The van der Waals surface area contributed by atoms with E-state index >= 15 is 0 Å². The minimum absolute atomic E-state index is 0.0609. The molecular formula is C21H19N3OS. The number of anilines is 1. The number of benzene rings is 2. The Labute approximate surface area is 156 Å². The van der Waals surface area contributed by atoms with Crippen molar-refractivity contribution in [2.75, 3.05) is 5.32 Å². The smallest absolute Gasteiger partial charge is 0.244 e. The van der Waals surface area contributed by atoms with Crippen molar-refractivity contribution in [3.8, 4) is 10.7 Å². The molecule has 0 atom stereocenters. The Balaban J connectivity index is 1.66. The predicted molar refractivity (Wildman–Crippen MR) is 108 cm³/mol. The van der Waals surface area contributed by atoms with E-state index in [1.54, 1.807) is 11.3 Å². The monoisotopic (exact) mass is 361 g/mol. The Kier molecular flexibility index (Phi) is 4.31. The molecule has 4 nitrogen and oxygen atoms in total. The van der Waals surface area contributed by atoms with Gasteiger partial charge in [0, 0.05) is 5.69 Å². The van der Waals surface area contributed by atoms with Gasteiger partial charge in [0.05, 0.1) is 15.9 Å². The summed E-state index contributed by atoms with van der Waals surface area (Å²) in [6, 6.07) is 17.9. The van der Waals surface area contributed by atoms with Crippen LogP contribution in [0.15, 0.2) is 60.0 Å². The number of aromatic nitrogens is 2. The zero-order chi connectivity index (χ0) is 18.1. The molecule has 0 radical (unpaired) electrons. The lowest BCUT2D eigenvalue weighted by molar-refractivity contribution is -0.116. The van der Waals surface area contributed by atoms with Gasteiger partial charge in [0.15, 0.2) is 5.82 Å². The van der Waals surface area contributed by atoms with Crippen LogP contribution in [0, 0.1) is 13.8 Å². The first-order valence-electron chi connectivity index (χ1n) is 8.48. The summed E-state index contributed by atoms with van der Waals surface area (Å²) in [7, 11) is 0. The molecule has 1 amide bonds. The molecule has 2 heterocycles. The van der Waals surface area contributed by atoms with Crippen LogP contribution in [-0.4, -0.2) is 15.5 Å². The number of amides is 1. The number of rotatable bonds is 4. The molecule has 0 spiro atoms. The number of carbonyl (C=O) groups is 1. The van der Waals surface area contributed by atoms with Crippen molar-refractivity contribution in [2.24, 2.45) is 0 Å². The van der Waals surface area contributed by atoms with Gasteiger partial charge in [0.2, 0.25) is 5.91 Å². The maximum atomic E-state index is 12.7. The molecule has 130 valence electrons. The van der Waals surface area contributed by atoms with Gasteiger partial charge < -0.3 is 9.88 Å². The van der Waals surface area contributed by atoms with Crippen molar-refractivity contribution < 1.29 is 4.79 Å². The number of fused-ring (bicyclic) bond motifs is 1. The molecule has 0 fully saturated rings. The van der Waals surface area contributed by atoms with Crippen LogP contribution < -0.4 is 5.32 Å². The van der Waals surface area contributed by atoms with Crippen molar-refractivity contribution >= 4 is 34.0 Å². The van der Waals surface area contributed by atoms with Crippen molar-refractivity contribution in [2.45, 2.75) is 20.4 Å². The van der Waals surface area contributed by atoms with Crippen molar-refractivity contribution in [1.29, 1.82) is 0 Å². The largest absolute Gasteiger partial charge is 0.325 e. The average Bonchev–Trinajstić information content (AvgIpc) is 3.26. The summed E-state index contributed by atoms with van der Waals surface area (Å²) in [6.07, 6.45) is 0. The van der Waals surface area contributed by atoms with Crippen LogP contribution >= 0.6 is 11.3 Å². The van der Waals surface area contributed by atoms with Crippen LogP contribution in [0.25, 0.3) is 21.7 Å². The van der Waals surface area contributed by atoms with Gasteiger partial charge in [-0.3, -0.25) is 4.79 Å². The fraction of sp³-hybridized carbons (Fsp3) is 0.143. The maximum absolute atomic E-state index is 12.7. The van der Waals surface area contributed by atoms with Crippen LogP contribution in [0.4, 0.5) is 5.69 Å². The van der Waals surface area contributed by atoms with E-state index in [4.69, 9.17) is 4.98 Å². The maximum Gasteiger partial charge on any atom is 0.244 e. The summed E-state index contributed by atoms with van der Waals surface area (Å²) >= 11 is 1.62. The average molecular weight is 361 g/mol. The molecule has 26 heavy (non-hydrogen) atoms. The van der Waals surface area contributed by atoms with Crippen LogP contribution in [0.2, 0.25) is 0 Å². The number of hydrogen-bond donors (Lipinski definition) is 1. The molecule has 2 aromatic carbocycles. The van der Waals surface area contributed by atoms with Crippen LogP contribution in [0.1, 0.15) is 11.1 Å². The molecule has 0 saturated heterocycles. The highest BCUT2D eigenvalue weighted by Gasteiger charge is 2.16. The second-order valence-corrected chi connectivity index (χ2v) is 7.28. The van der Waals surface area contributed by atoms with Gasteiger partial charge in [0.25, 0.3) is 0 Å². The standard InChI is InChI=1S/C21H19N3OS/c1-14-9-10-16(12-15(14)2)22-20(25)13-24-18-7-4-3-6-17(18)23-21(24)19-8-5-11-26-19/h3-12H,13H2,1-2H3,(H,22,25). The van der Waals surface area contributed by atoms with Gasteiger partial charge in [-0.1, -0.05) is 24.3 Å². The van der Waals surface area contributed by atoms with E-state index in [0.717, 1.165) is 33.0 Å². The van der Waals surface area contributed by atoms with Gasteiger partial charge in [-0.15, -0.1) is 11.3 Å². The highest BCUT2D eigenvalue weighted by atomic mass is 32.1. The van der Waals surface area contributed by atoms with E-state index in [9.17, 15) is 4.79 Å². The summed E-state index contributed by atoms with van der Waals surface area (Å²) in [5, 5.41) is 5.02. The molecular weight excluding hydrogens is 342 g/mol. The number of carbonyl (C=O) groups excluding carboxylic acids is 1. The number of nitrogens with one attached hydrogen (secondary N) is 1. The second-order valence-electron chi connectivity index (χ2n) is 6.33. The first-order chi connectivity index (χ1) is 12.6. The first-order valence-corrected chi connectivity index (χ1v) is 9.36. The topological polar surface area (TPSA) is 46.9 Å². The molecule has 0 saturated carbocycles. The van der Waals surface area contributed by atoms with E-state index < -0.39 is 0 Å².